The van der Waals surface area contributed by atoms with Gasteiger partial charge in [0.2, 0.25) is 0 Å². The third-order valence-corrected chi connectivity index (χ3v) is 8.00. The lowest BCUT2D eigenvalue weighted by Crippen LogP contribution is -2.48. The normalized spacial score (nSPS) is 13.8. The molecule has 4 aromatic carbocycles. The summed E-state index contributed by atoms with van der Waals surface area (Å²) in [6, 6.07) is 31.6. The van der Waals surface area contributed by atoms with Gasteiger partial charge in [0.15, 0.2) is 0 Å². The van der Waals surface area contributed by atoms with E-state index in [0.717, 1.165) is 68.4 Å². The van der Waals surface area contributed by atoms with Crippen LogP contribution in [0, 0.1) is 0 Å². The summed E-state index contributed by atoms with van der Waals surface area (Å²) >= 11 is 0. The molecule has 1 aliphatic rings. The average Bonchev–Trinajstić information content (AvgIpc) is 3.32. The van der Waals surface area contributed by atoms with E-state index in [-0.39, 0.29) is 0 Å². The number of anilines is 3. The van der Waals surface area contributed by atoms with E-state index in [4.69, 9.17) is 9.07 Å². The first-order valence-corrected chi connectivity index (χ1v) is 13.6. The fourth-order valence-electron chi connectivity index (χ4n) is 5.16. The van der Waals surface area contributed by atoms with Gasteiger partial charge in [-0.15, -0.1) is 0 Å². The average molecular weight is 514 g/mol. The van der Waals surface area contributed by atoms with Gasteiger partial charge in [0.25, 0.3) is 0 Å². The van der Waals surface area contributed by atoms with Crippen LogP contribution in [0.3, 0.4) is 0 Å². The number of hydrogen-bond acceptors (Lipinski definition) is 4. The number of hydrogen-bond donors (Lipinski definition) is 1. The number of para-hydroxylation sites is 2. The van der Waals surface area contributed by atoms with Crippen molar-refractivity contribution >= 4 is 51.8 Å². The lowest BCUT2D eigenvalue weighted by Gasteiger charge is -2.38. The third-order valence-electron chi connectivity index (χ3n) is 8.00. The van der Waals surface area contributed by atoms with Crippen LogP contribution < -0.4 is 4.90 Å². The van der Waals surface area contributed by atoms with Crippen molar-refractivity contribution in [2.75, 3.05) is 4.90 Å². The van der Waals surface area contributed by atoms with Crippen LogP contribution >= 0.6 is 0 Å². The molecule has 0 saturated carbocycles. The summed E-state index contributed by atoms with van der Waals surface area (Å²) in [4.78, 5) is 2.29. The molecule has 39 heavy (non-hydrogen) atoms. The molecule has 0 amide bonds. The van der Waals surface area contributed by atoms with Crippen molar-refractivity contribution in [1.82, 2.24) is 0 Å². The van der Waals surface area contributed by atoms with Crippen molar-refractivity contribution in [2.45, 2.75) is 51.7 Å². The molecule has 0 saturated heterocycles. The minimum Gasteiger partial charge on any atom is -0.460 e. The van der Waals surface area contributed by atoms with E-state index >= 15 is 0 Å². The number of aliphatic hydroxyl groups is 1. The zero-order valence-electron chi connectivity index (χ0n) is 22.9. The van der Waals surface area contributed by atoms with Crippen LogP contribution in [0.1, 0.15) is 45.4 Å². The van der Waals surface area contributed by atoms with Crippen LogP contribution in [0.5, 0.6) is 0 Å². The van der Waals surface area contributed by atoms with Crippen LogP contribution in [-0.4, -0.2) is 23.8 Å². The SMILES string of the molecule is CC(C)(O)C(C)(C)O[B]C1=CCCc2oc3cc(N(c4ccccc4)c4ccccc4)c4ccccc4c3c21. The highest BCUT2D eigenvalue weighted by Gasteiger charge is 2.37. The van der Waals surface area contributed by atoms with Crippen molar-refractivity contribution < 1.29 is 14.2 Å². The first-order chi connectivity index (χ1) is 18.7. The first-order valence-electron chi connectivity index (χ1n) is 13.6. The summed E-state index contributed by atoms with van der Waals surface area (Å²) in [5, 5.41) is 14.0. The lowest BCUT2D eigenvalue weighted by molar-refractivity contribution is -0.0892. The molecular weight excluding hydrogens is 481 g/mol. The Morgan fingerprint density at radius 3 is 2.03 bits per heavy atom. The molecule has 4 nitrogen and oxygen atoms in total. The molecule has 0 spiro atoms. The van der Waals surface area contributed by atoms with Crippen molar-refractivity contribution in [1.29, 1.82) is 0 Å². The zero-order valence-corrected chi connectivity index (χ0v) is 22.9. The molecule has 1 heterocycles. The molecular formula is C34H33BNO3. The Bertz CT molecular complexity index is 1620. The summed E-state index contributed by atoms with van der Waals surface area (Å²) in [6.07, 6.45) is 3.91. The molecule has 0 fully saturated rings. The number of rotatable bonds is 7. The summed E-state index contributed by atoms with van der Waals surface area (Å²) in [6.45, 7) is 7.36. The summed E-state index contributed by atoms with van der Waals surface area (Å²) in [7, 11) is 1.80. The first kappa shape index (κ1) is 25.5. The number of fused-ring (bicyclic) bond motifs is 5. The van der Waals surface area contributed by atoms with Crippen molar-refractivity contribution in [3.8, 4) is 0 Å². The van der Waals surface area contributed by atoms with Gasteiger partial charge >= 0.3 is 7.48 Å². The fourth-order valence-corrected chi connectivity index (χ4v) is 5.16. The quantitative estimate of drug-likeness (QED) is 0.221. The molecule has 5 aromatic rings. The van der Waals surface area contributed by atoms with E-state index < -0.39 is 11.2 Å². The monoisotopic (exact) mass is 514 g/mol. The third kappa shape index (κ3) is 4.56. The topological polar surface area (TPSA) is 45.8 Å². The molecule has 0 unspecified atom stereocenters. The van der Waals surface area contributed by atoms with Crippen molar-refractivity contribution in [3.63, 3.8) is 0 Å². The Morgan fingerprint density at radius 2 is 1.41 bits per heavy atom. The Morgan fingerprint density at radius 1 is 0.821 bits per heavy atom. The van der Waals surface area contributed by atoms with E-state index in [1.807, 2.05) is 26.0 Å². The Hall–Kier alpha value is -3.80. The summed E-state index contributed by atoms with van der Waals surface area (Å²) in [5.41, 5.74) is 4.40. The Balaban J connectivity index is 1.54. The number of allylic oxidation sites excluding steroid dienone is 1. The van der Waals surface area contributed by atoms with Crippen LogP contribution in [0.25, 0.3) is 27.2 Å². The Kier molecular flexibility index (Phi) is 6.37. The van der Waals surface area contributed by atoms with Gasteiger partial charge in [-0.2, -0.15) is 0 Å². The molecule has 1 aliphatic carbocycles. The lowest BCUT2D eigenvalue weighted by atomic mass is 9.74. The van der Waals surface area contributed by atoms with Crippen LogP contribution in [0.2, 0.25) is 0 Å². The minimum absolute atomic E-state index is 0.758. The van der Waals surface area contributed by atoms with Gasteiger partial charge in [-0.3, -0.25) is 0 Å². The van der Waals surface area contributed by atoms with Gasteiger partial charge in [-0.1, -0.05) is 66.7 Å². The largest absolute Gasteiger partial charge is 0.460 e. The molecule has 195 valence electrons. The van der Waals surface area contributed by atoms with E-state index in [2.05, 4.69) is 89.8 Å². The number of furan rings is 1. The summed E-state index contributed by atoms with van der Waals surface area (Å²) in [5.74, 6) is 0.969. The van der Waals surface area contributed by atoms with Crippen molar-refractivity contribution in [2.24, 2.45) is 0 Å². The number of nitrogens with zero attached hydrogens (tertiary/aromatic N) is 1. The van der Waals surface area contributed by atoms with Gasteiger partial charge in [0.05, 0.1) is 16.9 Å². The van der Waals surface area contributed by atoms with E-state index in [1.165, 1.54) is 0 Å². The molecule has 1 N–H and O–H groups in total. The molecule has 0 aliphatic heterocycles. The molecule has 0 bridgehead atoms. The maximum Gasteiger partial charge on any atom is 0.331 e. The second kappa shape index (κ2) is 9.75. The highest BCUT2D eigenvalue weighted by Crippen LogP contribution is 2.46. The molecule has 0 atom stereocenters. The van der Waals surface area contributed by atoms with Gasteiger partial charge in [0, 0.05) is 40.2 Å². The standard InChI is InChI=1S/C34H33BNO3/c1-33(2,37)34(3,4)39-35-27-20-13-21-29-32(27)31-26-19-12-11-18-25(26)28(22-30(31)38-29)36(23-14-7-5-8-15-23)24-16-9-6-10-17-24/h5-12,14-20,22,37H,13,21H2,1-4H3. The number of aryl methyl sites for hydroxylation is 1. The van der Waals surface area contributed by atoms with Gasteiger partial charge < -0.3 is 19.1 Å². The highest BCUT2D eigenvalue weighted by atomic mass is 16.5. The van der Waals surface area contributed by atoms with Crippen LogP contribution in [0.4, 0.5) is 17.1 Å². The zero-order chi connectivity index (χ0) is 27.2. The molecule has 1 aromatic heterocycles. The molecule has 6 rings (SSSR count). The second-order valence-electron chi connectivity index (χ2n) is 11.2. The van der Waals surface area contributed by atoms with Gasteiger partial charge in [-0.25, -0.2) is 0 Å². The smallest absolute Gasteiger partial charge is 0.331 e. The van der Waals surface area contributed by atoms with Gasteiger partial charge in [-0.05, 0) is 69.2 Å². The highest BCUT2D eigenvalue weighted by molar-refractivity contribution is 6.56. The predicted molar refractivity (Wildman–Crippen MR) is 162 cm³/mol. The van der Waals surface area contributed by atoms with Crippen LogP contribution in [0.15, 0.2) is 101 Å². The van der Waals surface area contributed by atoms with Crippen molar-refractivity contribution in [3.05, 3.63) is 108 Å². The van der Waals surface area contributed by atoms with E-state index in [0.29, 0.717) is 0 Å². The molecule has 1 radical (unpaired) electrons. The summed E-state index contributed by atoms with van der Waals surface area (Å²) < 4.78 is 12.8. The van der Waals surface area contributed by atoms with Crippen LogP contribution in [-0.2, 0) is 11.1 Å². The maximum absolute atomic E-state index is 10.6. The Labute approximate surface area is 230 Å². The predicted octanol–water partition coefficient (Wildman–Crippen LogP) is 8.53. The van der Waals surface area contributed by atoms with E-state index in [9.17, 15) is 5.11 Å². The van der Waals surface area contributed by atoms with E-state index in [1.54, 1.807) is 21.3 Å². The fraction of sp³-hybridized carbons (Fsp3) is 0.235. The number of benzene rings is 4. The van der Waals surface area contributed by atoms with Gasteiger partial charge in [0.1, 0.15) is 11.3 Å². The minimum atomic E-state index is -1.00. The molecule has 5 heteroatoms. The maximum atomic E-state index is 10.6. The second-order valence-corrected chi connectivity index (χ2v) is 11.2.